The van der Waals surface area contributed by atoms with Crippen LogP contribution in [0.5, 0.6) is 0 Å². The first-order valence-corrected chi connectivity index (χ1v) is 4.55. The van der Waals surface area contributed by atoms with Crippen LogP contribution in [-0.4, -0.2) is 19.6 Å². The fourth-order valence-corrected chi connectivity index (χ4v) is 1.47. The summed E-state index contributed by atoms with van der Waals surface area (Å²) in [6, 6.07) is 0. The molecule has 8 nitrogen and oxygen atoms in total. The van der Waals surface area contributed by atoms with E-state index in [9.17, 15) is 20.2 Å². The third kappa shape index (κ3) is 1.86. The third-order valence-corrected chi connectivity index (χ3v) is 2.06. The molecule has 0 amide bonds. The molecule has 0 aromatic carbocycles. The highest BCUT2D eigenvalue weighted by molar-refractivity contribution is 5.50. The normalized spacial score (nSPS) is 11.5. The van der Waals surface area contributed by atoms with Gasteiger partial charge >= 0.3 is 11.5 Å². The molecule has 0 aliphatic rings. The molecular weight excluding hydrogens is 216 g/mol. The fourth-order valence-electron chi connectivity index (χ4n) is 1.47. The lowest BCUT2D eigenvalue weighted by Gasteiger charge is -2.15. The summed E-state index contributed by atoms with van der Waals surface area (Å²) in [5.41, 5.74) is -0.896. The maximum Gasteiger partial charge on any atom is 0.468 e. The van der Waals surface area contributed by atoms with Crippen molar-refractivity contribution in [2.45, 2.75) is 33.2 Å². The smallest absolute Gasteiger partial charge is 0.358 e. The Morgan fingerprint density at radius 1 is 1.19 bits per heavy atom. The van der Waals surface area contributed by atoms with E-state index in [4.69, 9.17) is 0 Å². The largest absolute Gasteiger partial charge is 0.468 e. The Hall–Kier alpha value is -1.99. The summed E-state index contributed by atoms with van der Waals surface area (Å²) in [5, 5.41) is 25.1. The van der Waals surface area contributed by atoms with Crippen LogP contribution in [0.15, 0.2) is 0 Å². The summed E-state index contributed by atoms with van der Waals surface area (Å²) in [6.07, 6.45) is 0. The number of rotatable bonds is 2. The molecule has 0 spiro atoms. The van der Waals surface area contributed by atoms with E-state index in [-0.39, 0.29) is 5.69 Å². The summed E-state index contributed by atoms with van der Waals surface area (Å²) >= 11 is 0. The Labute approximate surface area is 91.2 Å². The number of nitro groups is 2. The van der Waals surface area contributed by atoms with Gasteiger partial charge in [0, 0.05) is 0 Å². The van der Waals surface area contributed by atoms with E-state index in [1.165, 1.54) is 11.6 Å². The van der Waals surface area contributed by atoms with Gasteiger partial charge < -0.3 is 10.1 Å². The topological polar surface area (TPSA) is 104 Å². The van der Waals surface area contributed by atoms with Crippen LogP contribution in [-0.2, 0) is 5.54 Å². The van der Waals surface area contributed by atoms with Crippen molar-refractivity contribution < 1.29 is 9.85 Å². The molecule has 0 aliphatic heterocycles. The molecule has 0 aliphatic carbocycles. The zero-order valence-electron chi connectivity index (χ0n) is 9.42. The predicted molar refractivity (Wildman–Crippen MR) is 55.3 cm³/mol. The maximum absolute atomic E-state index is 10.7. The zero-order chi connectivity index (χ0) is 12.7. The molecule has 0 saturated heterocycles. The lowest BCUT2D eigenvalue weighted by Crippen LogP contribution is -2.24. The van der Waals surface area contributed by atoms with Crippen molar-refractivity contribution >= 4 is 11.5 Å². The molecule has 1 rings (SSSR count). The SMILES string of the molecule is Cc1c([N+](=O)[O-])c([N+](=O)[O-])nn1C(C)(C)C. The molecule has 88 valence electrons. The van der Waals surface area contributed by atoms with E-state index < -0.39 is 26.9 Å². The second-order valence-electron chi connectivity index (χ2n) is 4.35. The highest BCUT2D eigenvalue weighted by Crippen LogP contribution is 2.32. The minimum absolute atomic E-state index is 0.184. The molecule has 0 N–H and O–H groups in total. The summed E-state index contributed by atoms with van der Waals surface area (Å²) in [6.45, 7) is 6.74. The van der Waals surface area contributed by atoms with Gasteiger partial charge in [-0.3, -0.25) is 10.1 Å². The average molecular weight is 228 g/mol. The molecule has 0 fully saturated rings. The molecule has 1 aromatic rings. The molecule has 16 heavy (non-hydrogen) atoms. The van der Waals surface area contributed by atoms with Crippen LogP contribution in [0.3, 0.4) is 0 Å². The highest BCUT2D eigenvalue weighted by Gasteiger charge is 2.38. The average Bonchev–Trinajstić information content (AvgIpc) is 2.41. The standard InChI is InChI=1S/C8H12N4O4/c1-5-6(11(13)14)7(12(15)16)9-10(5)8(2,3)4/h1-4H3. The number of hydrogen-bond donors (Lipinski definition) is 0. The third-order valence-electron chi connectivity index (χ3n) is 2.06. The first-order chi connectivity index (χ1) is 7.16. The van der Waals surface area contributed by atoms with Crippen LogP contribution in [0.25, 0.3) is 0 Å². The summed E-state index contributed by atoms with van der Waals surface area (Å²) in [7, 11) is 0. The maximum atomic E-state index is 10.7. The van der Waals surface area contributed by atoms with E-state index in [1.54, 1.807) is 20.8 Å². The quantitative estimate of drug-likeness (QED) is 0.566. The van der Waals surface area contributed by atoms with Crippen LogP contribution in [0.1, 0.15) is 26.5 Å². The van der Waals surface area contributed by atoms with E-state index in [0.717, 1.165) is 0 Å². The van der Waals surface area contributed by atoms with Gasteiger partial charge in [-0.1, -0.05) is 0 Å². The number of hydrogen-bond acceptors (Lipinski definition) is 5. The van der Waals surface area contributed by atoms with Crippen molar-refractivity contribution in [1.29, 1.82) is 0 Å². The first-order valence-electron chi connectivity index (χ1n) is 4.55. The Morgan fingerprint density at radius 2 is 1.69 bits per heavy atom. The van der Waals surface area contributed by atoms with Crippen LogP contribution in [0.2, 0.25) is 0 Å². The Bertz CT molecular complexity index is 457. The lowest BCUT2D eigenvalue weighted by atomic mass is 10.1. The van der Waals surface area contributed by atoms with E-state index in [0.29, 0.717) is 0 Å². The summed E-state index contributed by atoms with van der Waals surface area (Å²) in [5.74, 6) is -0.711. The molecule has 0 radical (unpaired) electrons. The second kappa shape index (κ2) is 3.54. The first kappa shape index (κ1) is 12.1. The lowest BCUT2D eigenvalue weighted by molar-refractivity contribution is -0.424. The minimum Gasteiger partial charge on any atom is -0.358 e. The van der Waals surface area contributed by atoms with Crippen LogP contribution < -0.4 is 0 Å². The van der Waals surface area contributed by atoms with Crippen molar-refractivity contribution in [2.75, 3.05) is 0 Å². The zero-order valence-corrected chi connectivity index (χ0v) is 9.42. The second-order valence-corrected chi connectivity index (χ2v) is 4.35. The van der Waals surface area contributed by atoms with Gasteiger partial charge in [-0.2, -0.15) is 4.68 Å². The predicted octanol–water partition coefficient (Wildman–Crippen LogP) is 1.76. The Kier molecular flexibility index (Phi) is 2.68. The van der Waals surface area contributed by atoms with Crippen LogP contribution in [0, 0.1) is 27.2 Å². The van der Waals surface area contributed by atoms with E-state index in [2.05, 4.69) is 5.10 Å². The Balaban J connectivity index is 3.54. The van der Waals surface area contributed by atoms with Gasteiger partial charge in [0.2, 0.25) is 0 Å². The van der Waals surface area contributed by atoms with Crippen LogP contribution >= 0.6 is 0 Å². The molecule has 0 bridgehead atoms. The van der Waals surface area contributed by atoms with Crippen molar-refractivity contribution in [2.24, 2.45) is 0 Å². The number of aromatic nitrogens is 2. The molecule has 0 unspecified atom stereocenters. The highest BCUT2D eigenvalue weighted by atomic mass is 16.6. The van der Waals surface area contributed by atoms with Gasteiger partial charge in [0.1, 0.15) is 5.69 Å². The van der Waals surface area contributed by atoms with Gasteiger partial charge in [-0.05, 0) is 32.6 Å². The molecular formula is C8H12N4O4. The van der Waals surface area contributed by atoms with Crippen molar-refractivity contribution in [3.05, 3.63) is 25.9 Å². The van der Waals surface area contributed by atoms with Gasteiger partial charge in [0.25, 0.3) is 0 Å². The van der Waals surface area contributed by atoms with Crippen molar-refractivity contribution in [1.82, 2.24) is 9.78 Å². The van der Waals surface area contributed by atoms with Gasteiger partial charge in [0.05, 0.1) is 15.6 Å². The molecule has 0 atom stereocenters. The molecule has 1 aromatic heterocycles. The van der Waals surface area contributed by atoms with E-state index in [1.807, 2.05) is 0 Å². The summed E-state index contributed by atoms with van der Waals surface area (Å²) in [4.78, 5) is 19.8. The number of nitrogens with zero attached hydrogens (tertiary/aromatic N) is 4. The van der Waals surface area contributed by atoms with Gasteiger partial charge in [0.15, 0.2) is 0 Å². The molecule has 1 heterocycles. The van der Waals surface area contributed by atoms with E-state index >= 15 is 0 Å². The minimum atomic E-state index is -0.840. The Morgan fingerprint density at radius 3 is 1.94 bits per heavy atom. The van der Waals surface area contributed by atoms with Gasteiger partial charge in [-0.25, -0.2) is 0 Å². The van der Waals surface area contributed by atoms with Gasteiger partial charge in [-0.15, -0.1) is 0 Å². The van der Waals surface area contributed by atoms with Crippen molar-refractivity contribution in [3.63, 3.8) is 0 Å². The summed E-state index contributed by atoms with van der Waals surface area (Å²) < 4.78 is 1.29. The monoisotopic (exact) mass is 228 g/mol. The fraction of sp³-hybridized carbons (Fsp3) is 0.625. The molecule has 0 saturated carbocycles. The van der Waals surface area contributed by atoms with Crippen LogP contribution in [0.4, 0.5) is 11.5 Å². The molecule has 8 heteroatoms. The van der Waals surface area contributed by atoms with Crippen molar-refractivity contribution in [3.8, 4) is 0 Å².